The fraction of sp³-hybridized carbons (Fsp3) is 0.500. The van der Waals surface area contributed by atoms with Gasteiger partial charge in [-0.25, -0.2) is 9.59 Å². The van der Waals surface area contributed by atoms with Crippen LogP contribution in [0.25, 0.3) is 0 Å². The van der Waals surface area contributed by atoms with E-state index < -0.39 is 36.2 Å². The largest absolute Gasteiger partial charge is 0.458 e. The molecule has 1 heterocycles. The molecule has 26 heavy (non-hydrogen) atoms. The van der Waals surface area contributed by atoms with Crippen LogP contribution in [0.4, 0.5) is 0 Å². The Labute approximate surface area is 153 Å². The van der Waals surface area contributed by atoms with Crippen molar-refractivity contribution < 1.29 is 29.3 Å². The second kappa shape index (κ2) is 8.47. The zero-order valence-corrected chi connectivity index (χ0v) is 15.4. The number of aliphatic hydroxyl groups is 2. The molecule has 0 spiro atoms. The lowest BCUT2D eigenvalue weighted by Crippen LogP contribution is -2.34. The maximum absolute atomic E-state index is 12.3. The van der Waals surface area contributed by atoms with Crippen LogP contribution in [-0.4, -0.2) is 47.1 Å². The second-order valence-electron chi connectivity index (χ2n) is 6.72. The number of esters is 2. The molecule has 6 heteroatoms. The maximum Gasteiger partial charge on any atom is 0.334 e. The Balaban J connectivity index is 2.45. The lowest BCUT2D eigenvalue weighted by molar-refractivity contribution is -0.147. The average Bonchev–Trinajstić information content (AvgIpc) is 2.89. The van der Waals surface area contributed by atoms with Crippen LogP contribution in [0, 0.1) is 5.92 Å². The fourth-order valence-corrected chi connectivity index (χ4v) is 3.08. The molecule has 1 saturated heterocycles. The van der Waals surface area contributed by atoms with Crippen LogP contribution in [0.2, 0.25) is 0 Å². The van der Waals surface area contributed by atoms with Crippen LogP contribution in [0.5, 0.6) is 0 Å². The Morgan fingerprint density at radius 2 is 2.19 bits per heavy atom. The Hall–Kier alpha value is -2.18. The van der Waals surface area contributed by atoms with E-state index in [1.165, 1.54) is 0 Å². The predicted octanol–water partition coefficient (Wildman–Crippen LogP) is 1.98. The van der Waals surface area contributed by atoms with E-state index >= 15 is 0 Å². The third-order valence-corrected chi connectivity index (χ3v) is 4.92. The van der Waals surface area contributed by atoms with Crippen LogP contribution in [-0.2, 0) is 19.1 Å². The molecule has 6 nitrogen and oxygen atoms in total. The Morgan fingerprint density at radius 3 is 2.81 bits per heavy atom. The smallest absolute Gasteiger partial charge is 0.334 e. The van der Waals surface area contributed by atoms with Crippen molar-refractivity contribution in [3.8, 4) is 0 Å². The zero-order valence-electron chi connectivity index (χ0n) is 15.4. The molecular formula is C20H26O6. The van der Waals surface area contributed by atoms with Crippen molar-refractivity contribution in [2.24, 2.45) is 5.92 Å². The number of carbonyl (C=O) groups is 2. The highest BCUT2D eigenvalue weighted by atomic mass is 16.6. The summed E-state index contributed by atoms with van der Waals surface area (Å²) >= 11 is 0. The lowest BCUT2D eigenvalue weighted by atomic mass is 9.85. The first-order valence-electron chi connectivity index (χ1n) is 8.67. The number of hydrogen-bond donors (Lipinski definition) is 2. The number of rotatable bonds is 3. The van der Waals surface area contributed by atoms with Crippen LogP contribution in [0.3, 0.4) is 0 Å². The molecule has 0 bridgehead atoms. The summed E-state index contributed by atoms with van der Waals surface area (Å²) in [5.41, 5.74) is 1.95. The van der Waals surface area contributed by atoms with Crippen molar-refractivity contribution >= 4 is 11.9 Å². The van der Waals surface area contributed by atoms with Gasteiger partial charge in [0.2, 0.25) is 0 Å². The summed E-state index contributed by atoms with van der Waals surface area (Å²) in [6.07, 6.45) is 3.50. The number of ether oxygens (including phenoxy) is 2. The first-order valence-corrected chi connectivity index (χ1v) is 8.67. The van der Waals surface area contributed by atoms with Gasteiger partial charge in [0.25, 0.3) is 0 Å². The van der Waals surface area contributed by atoms with Gasteiger partial charge in [0.15, 0.2) is 0 Å². The molecule has 0 amide bonds. The van der Waals surface area contributed by atoms with Gasteiger partial charge < -0.3 is 19.7 Å². The van der Waals surface area contributed by atoms with Crippen molar-refractivity contribution in [2.45, 2.75) is 51.9 Å². The van der Waals surface area contributed by atoms with E-state index in [2.05, 4.69) is 6.58 Å². The molecule has 142 valence electrons. The van der Waals surface area contributed by atoms with Crippen molar-refractivity contribution in [3.05, 3.63) is 47.1 Å². The SMILES string of the molecule is C=C1C(=O)O[C@@H]2/C=C(\C)[C@H](O)C/C=C(\CO)C[C@@H](OC(=O)/C(C)=C/C)[C@@H]12. The number of hydrogen-bond acceptors (Lipinski definition) is 6. The highest BCUT2D eigenvalue weighted by Crippen LogP contribution is 2.36. The summed E-state index contributed by atoms with van der Waals surface area (Å²) in [4.78, 5) is 24.4. The van der Waals surface area contributed by atoms with E-state index in [0.29, 0.717) is 23.1 Å². The Kier molecular flexibility index (Phi) is 6.56. The average molecular weight is 362 g/mol. The molecule has 4 atom stereocenters. The molecule has 0 aromatic rings. The quantitative estimate of drug-likeness (QED) is 0.453. The van der Waals surface area contributed by atoms with Gasteiger partial charge in [0.1, 0.15) is 12.2 Å². The summed E-state index contributed by atoms with van der Waals surface area (Å²) in [6.45, 7) is 8.71. The molecule has 2 rings (SSSR count). The van der Waals surface area contributed by atoms with Crippen LogP contribution in [0.1, 0.15) is 33.6 Å². The van der Waals surface area contributed by atoms with Gasteiger partial charge in [-0.3, -0.25) is 0 Å². The molecule has 2 aliphatic rings. The van der Waals surface area contributed by atoms with E-state index in [1.807, 2.05) is 0 Å². The first-order chi connectivity index (χ1) is 12.3. The normalized spacial score (nSPS) is 34.1. The van der Waals surface area contributed by atoms with Crippen molar-refractivity contribution in [1.82, 2.24) is 0 Å². The molecule has 0 radical (unpaired) electrons. The number of fused-ring (bicyclic) bond motifs is 1. The van der Waals surface area contributed by atoms with Gasteiger partial charge in [-0.1, -0.05) is 18.7 Å². The molecule has 0 saturated carbocycles. The van der Waals surface area contributed by atoms with E-state index in [9.17, 15) is 19.8 Å². The summed E-state index contributed by atoms with van der Waals surface area (Å²) in [5, 5.41) is 19.9. The minimum Gasteiger partial charge on any atom is -0.458 e. The molecule has 1 aliphatic carbocycles. The molecule has 0 unspecified atom stereocenters. The number of allylic oxidation sites excluding steroid dienone is 1. The molecular weight excluding hydrogens is 336 g/mol. The first kappa shape index (κ1) is 20.1. The van der Waals surface area contributed by atoms with Gasteiger partial charge >= 0.3 is 11.9 Å². The topological polar surface area (TPSA) is 93.1 Å². The maximum atomic E-state index is 12.3. The summed E-state index contributed by atoms with van der Waals surface area (Å²) < 4.78 is 11.0. The van der Waals surface area contributed by atoms with Crippen molar-refractivity contribution in [1.29, 1.82) is 0 Å². The Bertz CT molecular complexity index is 684. The third kappa shape index (κ3) is 4.31. The van der Waals surface area contributed by atoms with Gasteiger partial charge in [0.05, 0.1) is 18.6 Å². The van der Waals surface area contributed by atoms with Crippen molar-refractivity contribution in [2.75, 3.05) is 6.61 Å². The predicted molar refractivity (Wildman–Crippen MR) is 96.0 cm³/mol. The molecule has 1 fully saturated rings. The molecule has 2 N–H and O–H groups in total. The third-order valence-electron chi connectivity index (χ3n) is 4.92. The van der Waals surface area contributed by atoms with Gasteiger partial charge in [-0.15, -0.1) is 0 Å². The molecule has 0 aromatic carbocycles. The Morgan fingerprint density at radius 1 is 1.50 bits per heavy atom. The summed E-state index contributed by atoms with van der Waals surface area (Å²) in [5.74, 6) is -1.61. The van der Waals surface area contributed by atoms with Crippen LogP contribution in [0.15, 0.2) is 47.1 Å². The number of aliphatic hydroxyl groups excluding tert-OH is 2. The highest BCUT2D eigenvalue weighted by Gasteiger charge is 2.44. The highest BCUT2D eigenvalue weighted by molar-refractivity contribution is 5.92. The van der Waals surface area contributed by atoms with E-state index in [1.54, 1.807) is 39.0 Å². The number of carbonyl (C=O) groups excluding carboxylic acids is 2. The van der Waals surface area contributed by atoms with Gasteiger partial charge in [-0.2, -0.15) is 0 Å². The van der Waals surface area contributed by atoms with Crippen LogP contribution >= 0.6 is 0 Å². The zero-order chi connectivity index (χ0) is 19.4. The van der Waals surface area contributed by atoms with E-state index in [-0.39, 0.29) is 18.6 Å². The summed E-state index contributed by atoms with van der Waals surface area (Å²) in [6, 6.07) is 0. The van der Waals surface area contributed by atoms with E-state index in [4.69, 9.17) is 9.47 Å². The molecule has 1 aliphatic heterocycles. The second-order valence-corrected chi connectivity index (χ2v) is 6.72. The monoisotopic (exact) mass is 362 g/mol. The minimum atomic E-state index is -0.742. The van der Waals surface area contributed by atoms with E-state index in [0.717, 1.165) is 0 Å². The fourth-order valence-electron chi connectivity index (χ4n) is 3.08. The summed E-state index contributed by atoms with van der Waals surface area (Å²) in [7, 11) is 0. The van der Waals surface area contributed by atoms with Gasteiger partial charge in [0, 0.05) is 17.6 Å². The van der Waals surface area contributed by atoms with Gasteiger partial charge in [-0.05, 0) is 44.4 Å². The minimum absolute atomic E-state index is 0.224. The lowest BCUT2D eigenvalue weighted by Gasteiger charge is -2.28. The van der Waals surface area contributed by atoms with Crippen molar-refractivity contribution in [3.63, 3.8) is 0 Å². The molecule has 0 aromatic heterocycles. The standard InChI is InChI=1S/C20H26O6/c1-5-11(2)19(23)25-17-9-14(10-21)6-7-15(22)12(3)8-16-18(17)13(4)20(24)26-16/h5-6,8,15-18,21-22H,4,7,9-10H2,1-3H3/b11-5+,12-8+,14-6-/t15-,16-,17-,18+/m1/s1. The van der Waals surface area contributed by atoms with Crippen LogP contribution < -0.4 is 0 Å².